The third-order valence-corrected chi connectivity index (χ3v) is 3.56. The van der Waals surface area contributed by atoms with Gasteiger partial charge in [0.25, 0.3) is 0 Å². The van der Waals surface area contributed by atoms with Gasteiger partial charge in [-0.2, -0.15) is 0 Å². The number of nitrogens with two attached hydrogens (primary N) is 1. The standard InChI is InChI=1S/C13H13FN2O2.C7H14N2O/c1-9-15-16-13(18-9)8-12(17)7-4-10-2-5-11(14)6-3-10;1-5(2)3-6(8)4-7(9)10/h2-3,5-6H,4,7-8H2,1H3;5,8H,3-4H2,1-2H3,(H2,9,10). The van der Waals surface area contributed by atoms with Crippen molar-refractivity contribution < 1.29 is 18.4 Å². The van der Waals surface area contributed by atoms with E-state index in [1.807, 2.05) is 13.8 Å². The molecule has 0 bridgehead atoms. The molecule has 0 saturated heterocycles. The molecule has 0 spiro atoms. The maximum absolute atomic E-state index is 12.7. The second-order valence-electron chi connectivity index (χ2n) is 6.90. The Hall–Kier alpha value is -2.90. The second-order valence-corrected chi connectivity index (χ2v) is 6.90. The zero-order valence-electron chi connectivity index (χ0n) is 16.5. The third kappa shape index (κ3) is 10.3. The SMILES string of the molecule is CC(C)CC(=N)CC(N)=O.Cc1nnc(CC(=O)CCc2ccc(F)cc2)o1. The largest absolute Gasteiger partial charge is 0.425 e. The van der Waals surface area contributed by atoms with Crippen LogP contribution in [0, 0.1) is 24.1 Å². The number of aromatic nitrogens is 2. The number of amides is 1. The molecule has 1 amide bonds. The van der Waals surface area contributed by atoms with Crippen LogP contribution in [0.5, 0.6) is 0 Å². The van der Waals surface area contributed by atoms with Gasteiger partial charge in [0.15, 0.2) is 0 Å². The Bertz CT molecular complexity index is 785. The molecule has 8 heteroatoms. The van der Waals surface area contributed by atoms with Gasteiger partial charge in [-0.1, -0.05) is 26.0 Å². The van der Waals surface area contributed by atoms with Crippen LogP contribution in [0.4, 0.5) is 4.39 Å². The molecule has 0 radical (unpaired) electrons. The summed E-state index contributed by atoms with van der Waals surface area (Å²) < 4.78 is 17.8. The van der Waals surface area contributed by atoms with Crippen LogP contribution in [0.15, 0.2) is 28.7 Å². The third-order valence-electron chi connectivity index (χ3n) is 3.56. The lowest BCUT2D eigenvalue weighted by molar-refractivity contribution is -0.119. The quantitative estimate of drug-likeness (QED) is 0.637. The molecule has 0 aliphatic rings. The number of carbonyl (C=O) groups is 2. The van der Waals surface area contributed by atoms with Crippen LogP contribution < -0.4 is 5.73 Å². The van der Waals surface area contributed by atoms with Gasteiger partial charge in [-0.25, -0.2) is 4.39 Å². The molecule has 0 fully saturated rings. The van der Waals surface area contributed by atoms with E-state index >= 15 is 0 Å². The first kappa shape index (κ1) is 23.1. The van der Waals surface area contributed by atoms with Gasteiger partial charge in [0.05, 0.1) is 12.8 Å². The molecule has 0 atom stereocenters. The number of nitrogens with zero attached hydrogens (tertiary/aromatic N) is 2. The van der Waals surface area contributed by atoms with Crippen LogP contribution in [0.3, 0.4) is 0 Å². The summed E-state index contributed by atoms with van der Waals surface area (Å²) >= 11 is 0. The van der Waals surface area contributed by atoms with E-state index in [4.69, 9.17) is 15.6 Å². The number of carbonyl (C=O) groups excluding carboxylic acids is 2. The molecule has 0 unspecified atom stereocenters. The highest BCUT2D eigenvalue weighted by molar-refractivity contribution is 5.98. The number of nitrogens with one attached hydrogen (secondary N) is 1. The number of primary amides is 1. The number of rotatable bonds is 9. The zero-order valence-corrected chi connectivity index (χ0v) is 16.5. The molecular formula is C20H27FN4O3. The Kier molecular flexibility index (Phi) is 9.70. The highest BCUT2D eigenvalue weighted by Crippen LogP contribution is 2.08. The van der Waals surface area contributed by atoms with Crippen molar-refractivity contribution in [1.82, 2.24) is 10.2 Å². The predicted octanol–water partition coefficient (Wildman–Crippen LogP) is 3.19. The summed E-state index contributed by atoms with van der Waals surface area (Å²) in [5, 5.41) is 14.7. The fourth-order valence-electron chi connectivity index (χ4n) is 2.38. The summed E-state index contributed by atoms with van der Waals surface area (Å²) in [7, 11) is 0. The highest BCUT2D eigenvalue weighted by atomic mass is 19.1. The predicted molar refractivity (Wildman–Crippen MR) is 103 cm³/mol. The van der Waals surface area contributed by atoms with Crippen LogP contribution in [-0.2, 0) is 22.4 Å². The Labute approximate surface area is 164 Å². The summed E-state index contributed by atoms with van der Waals surface area (Å²) in [5.74, 6) is 0.583. The molecule has 3 N–H and O–H groups in total. The highest BCUT2D eigenvalue weighted by Gasteiger charge is 2.09. The second kappa shape index (κ2) is 11.7. The lowest BCUT2D eigenvalue weighted by atomic mass is 10.0. The van der Waals surface area contributed by atoms with Crippen molar-refractivity contribution >= 4 is 17.4 Å². The first-order valence-corrected chi connectivity index (χ1v) is 9.05. The molecule has 2 rings (SSSR count). The number of Topliss-reactive ketones (excluding diaryl/α,β-unsaturated/α-hetero) is 1. The number of halogens is 1. The van der Waals surface area contributed by atoms with Crippen LogP contribution in [0.25, 0.3) is 0 Å². The van der Waals surface area contributed by atoms with Gasteiger partial charge >= 0.3 is 0 Å². The fraction of sp³-hybridized carbons (Fsp3) is 0.450. The molecule has 1 heterocycles. The molecule has 7 nitrogen and oxygen atoms in total. The number of hydrogen-bond acceptors (Lipinski definition) is 6. The van der Waals surface area contributed by atoms with Crippen molar-refractivity contribution in [2.24, 2.45) is 11.7 Å². The average molecular weight is 390 g/mol. The number of hydrogen-bond donors (Lipinski definition) is 2. The Morgan fingerprint density at radius 3 is 2.36 bits per heavy atom. The van der Waals surface area contributed by atoms with Gasteiger partial charge in [0, 0.05) is 19.1 Å². The lowest BCUT2D eigenvalue weighted by Gasteiger charge is -2.03. The van der Waals surface area contributed by atoms with Gasteiger partial charge < -0.3 is 15.6 Å². The minimum atomic E-state index is -0.411. The van der Waals surface area contributed by atoms with Gasteiger partial charge in [-0.3, -0.25) is 9.59 Å². The fourth-order valence-corrected chi connectivity index (χ4v) is 2.38. The van der Waals surface area contributed by atoms with Gasteiger partial charge in [-0.05, 0) is 36.5 Å². The molecule has 1 aromatic carbocycles. The molecule has 1 aromatic heterocycles. The van der Waals surface area contributed by atoms with Crippen molar-refractivity contribution in [3.05, 3.63) is 47.4 Å². The van der Waals surface area contributed by atoms with E-state index in [9.17, 15) is 14.0 Å². The first-order chi connectivity index (χ1) is 13.2. The average Bonchev–Trinajstić information content (AvgIpc) is 2.98. The van der Waals surface area contributed by atoms with E-state index in [0.717, 1.165) is 5.56 Å². The van der Waals surface area contributed by atoms with Gasteiger partial charge in [0.2, 0.25) is 17.7 Å². The normalized spacial score (nSPS) is 10.3. The van der Waals surface area contributed by atoms with E-state index in [0.29, 0.717) is 42.7 Å². The van der Waals surface area contributed by atoms with E-state index in [2.05, 4.69) is 10.2 Å². The number of aryl methyl sites for hydroxylation is 2. The minimum Gasteiger partial charge on any atom is -0.425 e. The number of benzene rings is 1. The van der Waals surface area contributed by atoms with E-state index in [1.54, 1.807) is 19.1 Å². The Morgan fingerprint density at radius 1 is 1.21 bits per heavy atom. The Balaban J connectivity index is 0.000000336. The molecule has 0 aliphatic heterocycles. The lowest BCUT2D eigenvalue weighted by Crippen LogP contribution is -2.16. The maximum atomic E-state index is 12.7. The maximum Gasteiger partial charge on any atom is 0.223 e. The topological polar surface area (TPSA) is 123 Å². The van der Waals surface area contributed by atoms with Crippen LogP contribution in [-0.4, -0.2) is 27.6 Å². The molecule has 2 aromatic rings. The smallest absolute Gasteiger partial charge is 0.223 e. The van der Waals surface area contributed by atoms with Crippen LogP contribution >= 0.6 is 0 Å². The van der Waals surface area contributed by atoms with E-state index < -0.39 is 5.91 Å². The van der Waals surface area contributed by atoms with Crippen molar-refractivity contribution in [3.8, 4) is 0 Å². The monoisotopic (exact) mass is 390 g/mol. The summed E-state index contributed by atoms with van der Waals surface area (Å²) in [6, 6.07) is 6.14. The molecule has 28 heavy (non-hydrogen) atoms. The van der Waals surface area contributed by atoms with Crippen LogP contribution in [0.1, 0.15) is 50.5 Å². The summed E-state index contributed by atoms with van der Waals surface area (Å²) in [6.07, 6.45) is 1.91. The zero-order chi connectivity index (χ0) is 21.1. The number of ketones is 1. The van der Waals surface area contributed by atoms with Gasteiger partial charge in [0.1, 0.15) is 11.6 Å². The Morgan fingerprint density at radius 2 is 1.86 bits per heavy atom. The van der Waals surface area contributed by atoms with Crippen molar-refractivity contribution in [3.63, 3.8) is 0 Å². The molecule has 0 saturated carbocycles. The van der Waals surface area contributed by atoms with Crippen molar-refractivity contribution in [2.45, 2.75) is 52.9 Å². The van der Waals surface area contributed by atoms with E-state index in [1.165, 1.54) is 12.1 Å². The summed E-state index contributed by atoms with van der Waals surface area (Å²) in [5.41, 5.74) is 6.26. The minimum absolute atomic E-state index is 0.0305. The summed E-state index contributed by atoms with van der Waals surface area (Å²) in [6.45, 7) is 5.70. The molecule has 0 aliphatic carbocycles. The van der Waals surface area contributed by atoms with Crippen molar-refractivity contribution in [2.75, 3.05) is 0 Å². The van der Waals surface area contributed by atoms with Crippen molar-refractivity contribution in [1.29, 1.82) is 5.41 Å². The van der Waals surface area contributed by atoms with E-state index in [-0.39, 0.29) is 24.4 Å². The molecular weight excluding hydrogens is 363 g/mol. The van der Waals surface area contributed by atoms with Crippen LogP contribution in [0.2, 0.25) is 0 Å². The summed E-state index contributed by atoms with van der Waals surface area (Å²) in [4.78, 5) is 21.9. The molecule has 152 valence electrons. The first-order valence-electron chi connectivity index (χ1n) is 9.05. The van der Waals surface area contributed by atoms with Gasteiger partial charge in [-0.15, -0.1) is 10.2 Å².